The highest BCUT2D eigenvalue weighted by atomic mass is 16.6. The number of methoxy groups -OCH3 is 1. The third-order valence-corrected chi connectivity index (χ3v) is 5.01. The van der Waals surface area contributed by atoms with Crippen molar-refractivity contribution in [2.24, 2.45) is 0 Å². The van der Waals surface area contributed by atoms with Gasteiger partial charge >= 0.3 is 12.1 Å². The number of benzene rings is 2. The molecular formula is C22H27NO5. The molecule has 1 amide bonds. The Morgan fingerprint density at radius 2 is 1.89 bits per heavy atom. The van der Waals surface area contributed by atoms with Crippen LogP contribution in [0.4, 0.5) is 4.79 Å². The summed E-state index contributed by atoms with van der Waals surface area (Å²) in [5.41, 5.74) is 1.21. The highest BCUT2D eigenvalue weighted by Crippen LogP contribution is 2.40. The Bertz CT molecular complexity index is 886. The van der Waals surface area contributed by atoms with Crippen LogP contribution in [0.25, 0.3) is 10.8 Å². The van der Waals surface area contributed by atoms with Gasteiger partial charge in [-0.1, -0.05) is 36.4 Å². The Labute approximate surface area is 165 Å². The third kappa shape index (κ3) is 3.97. The molecule has 2 unspecified atom stereocenters. The summed E-state index contributed by atoms with van der Waals surface area (Å²) in [7, 11) is 1.62. The molecule has 1 heterocycles. The monoisotopic (exact) mass is 385 g/mol. The summed E-state index contributed by atoms with van der Waals surface area (Å²) < 4.78 is 10.8. The van der Waals surface area contributed by atoms with Crippen molar-refractivity contribution in [2.45, 2.75) is 51.4 Å². The number of aliphatic carboxylic acids is 1. The van der Waals surface area contributed by atoms with E-state index < -0.39 is 23.7 Å². The maximum atomic E-state index is 12.6. The van der Waals surface area contributed by atoms with Crippen molar-refractivity contribution in [3.8, 4) is 0 Å². The molecule has 6 heteroatoms. The molecule has 1 aliphatic heterocycles. The topological polar surface area (TPSA) is 76.1 Å². The van der Waals surface area contributed by atoms with E-state index in [4.69, 9.17) is 9.47 Å². The lowest BCUT2D eigenvalue weighted by Gasteiger charge is -2.29. The Kier molecular flexibility index (Phi) is 5.61. The lowest BCUT2D eigenvalue weighted by molar-refractivity contribution is -0.142. The normalized spacial score (nSPS) is 19.8. The Balaban J connectivity index is 2.06. The van der Waals surface area contributed by atoms with Crippen LogP contribution in [0.1, 0.15) is 44.2 Å². The number of carbonyl (C=O) groups is 2. The average Bonchev–Trinajstić information content (AvgIpc) is 3.05. The molecule has 0 saturated carbocycles. The number of likely N-dealkylation sites (tertiary alicyclic amines) is 1. The molecule has 2 aromatic rings. The SMILES string of the molecule is COCc1ccc2ccccc2c1C1CCN(C(=O)OC(C)(C)C)C1C(=O)O. The van der Waals surface area contributed by atoms with Crippen molar-refractivity contribution in [3.63, 3.8) is 0 Å². The van der Waals surface area contributed by atoms with Gasteiger partial charge in [0.2, 0.25) is 0 Å². The Hall–Kier alpha value is -2.60. The van der Waals surface area contributed by atoms with Gasteiger partial charge in [-0.25, -0.2) is 9.59 Å². The molecule has 150 valence electrons. The van der Waals surface area contributed by atoms with Gasteiger partial charge < -0.3 is 14.6 Å². The number of carbonyl (C=O) groups excluding carboxylic acids is 1. The molecule has 0 bridgehead atoms. The van der Waals surface area contributed by atoms with Gasteiger partial charge in [-0.3, -0.25) is 4.90 Å². The van der Waals surface area contributed by atoms with Crippen LogP contribution in [0.2, 0.25) is 0 Å². The van der Waals surface area contributed by atoms with Gasteiger partial charge in [-0.05, 0) is 49.1 Å². The summed E-state index contributed by atoms with van der Waals surface area (Å²) in [5.74, 6) is -1.36. The molecule has 2 aromatic carbocycles. The fourth-order valence-electron chi connectivity index (χ4n) is 3.99. The molecule has 1 aliphatic rings. The van der Waals surface area contributed by atoms with Gasteiger partial charge in [0.1, 0.15) is 11.6 Å². The molecule has 6 nitrogen and oxygen atoms in total. The maximum absolute atomic E-state index is 12.6. The molecule has 3 rings (SSSR count). The predicted molar refractivity (Wildman–Crippen MR) is 106 cm³/mol. The second-order valence-electron chi connectivity index (χ2n) is 8.14. The fourth-order valence-corrected chi connectivity index (χ4v) is 3.99. The zero-order chi connectivity index (χ0) is 20.5. The van der Waals surface area contributed by atoms with E-state index in [1.165, 1.54) is 4.90 Å². The number of hydrogen-bond donors (Lipinski definition) is 1. The predicted octanol–water partition coefficient (Wildman–Crippen LogP) is 4.16. The smallest absolute Gasteiger partial charge is 0.411 e. The zero-order valence-corrected chi connectivity index (χ0v) is 16.8. The number of ether oxygens (including phenoxy) is 2. The van der Waals surface area contributed by atoms with Gasteiger partial charge in [0, 0.05) is 19.6 Å². The van der Waals surface area contributed by atoms with E-state index in [9.17, 15) is 14.7 Å². The number of carboxylic acids is 1. The minimum atomic E-state index is -1.02. The minimum Gasteiger partial charge on any atom is -0.480 e. The van der Waals surface area contributed by atoms with Gasteiger partial charge in [0.05, 0.1) is 6.61 Å². The highest BCUT2D eigenvalue weighted by Gasteiger charge is 2.45. The number of carboxylic acid groups (broad SMARTS) is 1. The largest absolute Gasteiger partial charge is 0.480 e. The van der Waals surface area contributed by atoms with E-state index in [0.29, 0.717) is 19.6 Å². The van der Waals surface area contributed by atoms with Crippen molar-refractivity contribution in [3.05, 3.63) is 47.5 Å². The van der Waals surface area contributed by atoms with Crippen LogP contribution in [-0.2, 0) is 20.9 Å². The Morgan fingerprint density at radius 1 is 1.18 bits per heavy atom. The molecule has 2 atom stereocenters. The third-order valence-electron chi connectivity index (χ3n) is 5.01. The van der Waals surface area contributed by atoms with Crippen LogP contribution in [0.15, 0.2) is 36.4 Å². The van der Waals surface area contributed by atoms with Crippen LogP contribution in [0.3, 0.4) is 0 Å². The van der Waals surface area contributed by atoms with E-state index in [0.717, 1.165) is 21.9 Å². The van der Waals surface area contributed by atoms with Crippen molar-refractivity contribution >= 4 is 22.8 Å². The molecule has 0 spiro atoms. The van der Waals surface area contributed by atoms with E-state index >= 15 is 0 Å². The first-order valence-corrected chi connectivity index (χ1v) is 9.45. The molecule has 28 heavy (non-hydrogen) atoms. The van der Waals surface area contributed by atoms with Crippen molar-refractivity contribution in [1.82, 2.24) is 4.90 Å². The maximum Gasteiger partial charge on any atom is 0.411 e. The quantitative estimate of drug-likeness (QED) is 0.855. The van der Waals surface area contributed by atoms with E-state index in [1.54, 1.807) is 27.9 Å². The van der Waals surface area contributed by atoms with Crippen molar-refractivity contribution in [2.75, 3.05) is 13.7 Å². The lowest BCUT2D eigenvalue weighted by Crippen LogP contribution is -2.45. The average molecular weight is 385 g/mol. The standard InChI is InChI=1S/C22H27NO5/c1-22(2,3)28-21(26)23-12-11-17(19(23)20(24)25)18-15(13-27-4)10-9-14-7-5-6-8-16(14)18/h5-10,17,19H,11-13H2,1-4H3,(H,24,25). The number of fused-ring (bicyclic) bond motifs is 1. The van der Waals surface area contributed by atoms with Crippen molar-refractivity contribution in [1.29, 1.82) is 0 Å². The minimum absolute atomic E-state index is 0.332. The number of rotatable bonds is 4. The second kappa shape index (κ2) is 7.80. The van der Waals surface area contributed by atoms with Gasteiger partial charge in [-0.15, -0.1) is 0 Å². The number of hydrogen-bond acceptors (Lipinski definition) is 4. The van der Waals surface area contributed by atoms with Crippen LogP contribution < -0.4 is 0 Å². The summed E-state index contributed by atoms with van der Waals surface area (Å²) in [5, 5.41) is 12.0. The van der Waals surface area contributed by atoms with E-state index in [1.807, 2.05) is 36.4 Å². The molecule has 1 fully saturated rings. The molecule has 0 radical (unpaired) electrons. The summed E-state index contributed by atoms with van der Waals surface area (Å²) in [6.07, 6.45) is -0.0306. The highest BCUT2D eigenvalue weighted by molar-refractivity contribution is 5.89. The van der Waals surface area contributed by atoms with Crippen LogP contribution in [-0.4, -0.2) is 47.4 Å². The molecule has 1 N–H and O–H groups in total. The van der Waals surface area contributed by atoms with Crippen molar-refractivity contribution < 1.29 is 24.2 Å². The van der Waals surface area contributed by atoms with E-state index in [2.05, 4.69) is 0 Å². The molecule has 1 saturated heterocycles. The summed E-state index contributed by atoms with van der Waals surface area (Å²) in [6, 6.07) is 10.9. The van der Waals surface area contributed by atoms with Gasteiger partial charge in [0.15, 0.2) is 0 Å². The van der Waals surface area contributed by atoms with Crippen LogP contribution >= 0.6 is 0 Å². The Morgan fingerprint density at radius 3 is 2.54 bits per heavy atom. The van der Waals surface area contributed by atoms with Crippen LogP contribution in [0.5, 0.6) is 0 Å². The van der Waals surface area contributed by atoms with Gasteiger partial charge in [0.25, 0.3) is 0 Å². The summed E-state index contributed by atoms with van der Waals surface area (Å²) >= 11 is 0. The number of nitrogens with zero attached hydrogens (tertiary/aromatic N) is 1. The fraction of sp³-hybridized carbons (Fsp3) is 0.455. The molecule has 0 aliphatic carbocycles. The van der Waals surface area contributed by atoms with Crippen LogP contribution in [0, 0.1) is 0 Å². The summed E-state index contributed by atoms with van der Waals surface area (Å²) in [4.78, 5) is 26.2. The van der Waals surface area contributed by atoms with Gasteiger partial charge in [-0.2, -0.15) is 0 Å². The first-order valence-electron chi connectivity index (χ1n) is 9.45. The molecule has 0 aromatic heterocycles. The first-order chi connectivity index (χ1) is 13.2. The molecular weight excluding hydrogens is 358 g/mol. The number of amides is 1. The lowest BCUT2D eigenvalue weighted by atomic mass is 9.84. The second-order valence-corrected chi connectivity index (χ2v) is 8.14. The zero-order valence-electron chi connectivity index (χ0n) is 16.8. The summed E-state index contributed by atoms with van der Waals surface area (Å²) in [6.45, 7) is 6.04. The van der Waals surface area contributed by atoms with E-state index in [-0.39, 0.29) is 5.92 Å². The first kappa shape index (κ1) is 20.1.